The summed E-state index contributed by atoms with van der Waals surface area (Å²) in [5.74, 6) is 3.24. The number of nitrogens with zero attached hydrogens (tertiary/aromatic N) is 1. The van der Waals surface area contributed by atoms with Crippen LogP contribution in [-0.2, 0) is 22.6 Å². The number of ether oxygens (including phenoxy) is 2. The normalized spacial score (nSPS) is 29.0. The Balaban J connectivity index is 0.875. The molecule has 10 rings (SSSR count). The Hall–Kier alpha value is -3.73. The molecule has 4 aliphatic carbocycles. The minimum absolute atomic E-state index is 0.00600. The van der Waals surface area contributed by atoms with E-state index in [1.807, 2.05) is 18.2 Å². The average Bonchev–Trinajstić information content (AvgIpc) is 3.59. The van der Waals surface area contributed by atoms with Crippen molar-refractivity contribution in [2.24, 2.45) is 23.7 Å². The molecule has 5 fully saturated rings. The standard InChI is InChI=1S/C44H47N3O4S2/c1-27-38(26-52-43-46-37-7-2-3-8-39(37)53-43)50-41(51-40(27)34-11-9-28(25-48)10-12-34)35-15-13-33(14-16-35)36-6-4-5-29(20-36)24-45-42(49)47-44-21-30-17-31(22-44)19-32(18-30)23-44/h2-16,20,27,30-32,38,40-41,48H,17-19,21-26H2,1H3,(H2,45,47,49)/t27-,30?,31?,32?,38+,40+,41+,44?/m1/s1. The van der Waals surface area contributed by atoms with Gasteiger partial charge in [-0.25, -0.2) is 9.78 Å². The van der Waals surface area contributed by atoms with Gasteiger partial charge in [-0.05, 0) is 102 Å². The first-order valence-corrected chi connectivity index (χ1v) is 20.9. The van der Waals surface area contributed by atoms with Crippen molar-refractivity contribution in [1.82, 2.24) is 15.6 Å². The summed E-state index contributed by atoms with van der Waals surface area (Å²) in [4.78, 5) is 18.0. The van der Waals surface area contributed by atoms with E-state index >= 15 is 0 Å². The molecule has 53 heavy (non-hydrogen) atoms. The minimum Gasteiger partial charge on any atom is -0.392 e. The molecule has 1 aliphatic heterocycles. The van der Waals surface area contributed by atoms with Gasteiger partial charge in [0.05, 0.1) is 29.0 Å². The van der Waals surface area contributed by atoms with Crippen LogP contribution in [0, 0.1) is 23.7 Å². The Morgan fingerprint density at radius 3 is 2.28 bits per heavy atom. The highest BCUT2D eigenvalue weighted by Gasteiger charge is 2.51. The molecule has 9 heteroatoms. The van der Waals surface area contributed by atoms with Crippen molar-refractivity contribution in [2.45, 2.75) is 87.0 Å². The summed E-state index contributed by atoms with van der Waals surface area (Å²) < 4.78 is 15.7. The van der Waals surface area contributed by atoms with Crippen LogP contribution in [0.15, 0.2) is 101 Å². The van der Waals surface area contributed by atoms with Crippen LogP contribution in [0.4, 0.5) is 4.79 Å². The van der Waals surface area contributed by atoms with Crippen LogP contribution in [0.2, 0.25) is 0 Å². The molecule has 4 aromatic carbocycles. The fourth-order valence-electron chi connectivity index (χ4n) is 9.80. The second-order valence-corrected chi connectivity index (χ2v) is 18.2. The number of para-hydroxylation sites is 1. The number of urea groups is 1. The summed E-state index contributed by atoms with van der Waals surface area (Å²) in [5, 5.41) is 16.2. The molecule has 4 bridgehead atoms. The second kappa shape index (κ2) is 14.8. The number of thiazole rings is 1. The Morgan fingerprint density at radius 2 is 1.57 bits per heavy atom. The number of fused-ring (bicyclic) bond motifs is 1. The molecule has 1 saturated heterocycles. The number of amides is 2. The van der Waals surface area contributed by atoms with Gasteiger partial charge in [0, 0.05) is 29.3 Å². The van der Waals surface area contributed by atoms with Crippen LogP contribution in [0.3, 0.4) is 0 Å². The van der Waals surface area contributed by atoms with E-state index in [9.17, 15) is 9.90 Å². The van der Waals surface area contributed by atoms with Crippen LogP contribution < -0.4 is 10.6 Å². The van der Waals surface area contributed by atoms with Gasteiger partial charge in [0.1, 0.15) is 0 Å². The predicted octanol–water partition coefficient (Wildman–Crippen LogP) is 9.81. The summed E-state index contributed by atoms with van der Waals surface area (Å²) >= 11 is 3.46. The number of carbonyl (C=O) groups excluding carboxylic acids is 1. The zero-order valence-corrected chi connectivity index (χ0v) is 31.7. The largest absolute Gasteiger partial charge is 0.392 e. The Morgan fingerprint density at radius 1 is 0.849 bits per heavy atom. The molecule has 274 valence electrons. The zero-order chi connectivity index (χ0) is 35.9. The molecular formula is C44H47N3O4S2. The SMILES string of the molecule is C[C@@H]1[C@H](CSc2nc3ccccc3s2)O[C@H](c2ccc(-c3cccc(CNC(=O)NC45CC6CC(CC(C6)C4)C5)c3)cc2)O[C@@H]1c1ccc(CO)cc1. The molecule has 4 atom stereocenters. The van der Waals surface area contributed by atoms with E-state index in [2.05, 4.69) is 96.4 Å². The first kappa shape index (κ1) is 35.0. The molecular weight excluding hydrogens is 699 g/mol. The van der Waals surface area contributed by atoms with Gasteiger partial charge >= 0.3 is 6.03 Å². The number of carbonyl (C=O) groups is 1. The second-order valence-electron chi connectivity index (χ2n) is 15.9. The molecule has 4 saturated carbocycles. The van der Waals surface area contributed by atoms with Crippen molar-refractivity contribution < 1.29 is 19.4 Å². The van der Waals surface area contributed by atoms with Gasteiger partial charge in [0.25, 0.3) is 0 Å². The molecule has 7 nitrogen and oxygen atoms in total. The molecule has 0 unspecified atom stereocenters. The van der Waals surface area contributed by atoms with Crippen LogP contribution in [0.1, 0.15) is 80.1 Å². The monoisotopic (exact) mass is 745 g/mol. The fraction of sp³-hybridized carbons (Fsp3) is 0.409. The highest BCUT2D eigenvalue weighted by molar-refractivity contribution is 8.01. The van der Waals surface area contributed by atoms with Gasteiger partial charge in [-0.1, -0.05) is 97.5 Å². The number of hydrogen-bond donors (Lipinski definition) is 3. The van der Waals surface area contributed by atoms with Gasteiger partial charge in [0.2, 0.25) is 0 Å². The third kappa shape index (κ3) is 7.51. The number of hydrogen-bond acceptors (Lipinski definition) is 7. The van der Waals surface area contributed by atoms with Crippen molar-refractivity contribution in [2.75, 3.05) is 5.75 Å². The average molecular weight is 746 g/mol. The highest BCUT2D eigenvalue weighted by Crippen LogP contribution is 2.55. The van der Waals surface area contributed by atoms with E-state index in [0.717, 1.165) is 86.0 Å². The van der Waals surface area contributed by atoms with Gasteiger partial charge < -0.3 is 25.2 Å². The Labute approximate surface area is 319 Å². The van der Waals surface area contributed by atoms with E-state index in [0.29, 0.717) is 6.54 Å². The number of nitrogens with one attached hydrogen (secondary N) is 2. The van der Waals surface area contributed by atoms with Gasteiger partial charge in [0.15, 0.2) is 10.6 Å². The Kier molecular flexibility index (Phi) is 9.80. The van der Waals surface area contributed by atoms with Crippen LogP contribution in [0.5, 0.6) is 0 Å². The van der Waals surface area contributed by atoms with Crippen LogP contribution >= 0.6 is 23.1 Å². The number of aliphatic hydroxyl groups excluding tert-OH is 1. The lowest BCUT2D eigenvalue weighted by atomic mass is 9.53. The van der Waals surface area contributed by atoms with E-state index in [1.54, 1.807) is 23.1 Å². The zero-order valence-electron chi connectivity index (χ0n) is 30.1. The third-order valence-corrected chi connectivity index (χ3v) is 14.3. The van der Waals surface area contributed by atoms with Crippen molar-refractivity contribution >= 4 is 39.3 Å². The molecule has 5 aliphatic rings. The molecule has 3 N–H and O–H groups in total. The maximum Gasteiger partial charge on any atom is 0.315 e. The minimum atomic E-state index is -0.535. The first-order valence-electron chi connectivity index (χ1n) is 19.1. The highest BCUT2D eigenvalue weighted by atomic mass is 32.2. The fourth-order valence-corrected chi connectivity index (χ4v) is 12.1. The first-order chi connectivity index (χ1) is 25.9. The van der Waals surface area contributed by atoms with Crippen molar-refractivity contribution in [3.63, 3.8) is 0 Å². The maximum absolute atomic E-state index is 13.1. The summed E-state index contributed by atoms with van der Waals surface area (Å²) in [6.07, 6.45) is 6.76. The van der Waals surface area contributed by atoms with Crippen molar-refractivity contribution in [3.05, 3.63) is 119 Å². The van der Waals surface area contributed by atoms with E-state index in [4.69, 9.17) is 14.5 Å². The number of thioether (sulfide) groups is 1. The number of benzene rings is 4. The molecule has 0 radical (unpaired) electrons. The number of aromatic nitrogens is 1. The van der Waals surface area contributed by atoms with Crippen LogP contribution in [0.25, 0.3) is 21.3 Å². The quantitative estimate of drug-likeness (QED) is 0.123. The maximum atomic E-state index is 13.1. The van der Waals surface area contributed by atoms with Gasteiger partial charge in [-0.15, -0.1) is 11.3 Å². The topological polar surface area (TPSA) is 92.7 Å². The van der Waals surface area contributed by atoms with E-state index < -0.39 is 6.29 Å². The third-order valence-electron chi connectivity index (χ3n) is 12.1. The lowest BCUT2D eigenvalue weighted by molar-refractivity contribution is -0.268. The number of rotatable bonds is 10. The Bertz CT molecular complexity index is 2000. The molecule has 2 amide bonds. The van der Waals surface area contributed by atoms with E-state index in [1.165, 1.54) is 24.0 Å². The van der Waals surface area contributed by atoms with Crippen molar-refractivity contribution in [1.29, 1.82) is 0 Å². The summed E-state index contributed by atoms with van der Waals surface area (Å²) in [6.45, 7) is 2.70. The molecule has 1 aromatic heterocycles. The molecule has 2 heterocycles. The summed E-state index contributed by atoms with van der Waals surface area (Å²) in [7, 11) is 0. The lowest BCUT2D eigenvalue weighted by Crippen LogP contribution is -2.61. The van der Waals surface area contributed by atoms with Gasteiger partial charge in [-0.3, -0.25) is 0 Å². The number of aliphatic hydroxyl groups is 1. The lowest BCUT2D eigenvalue weighted by Gasteiger charge is -2.56. The molecule has 0 spiro atoms. The van der Waals surface area contributed by atoms with Crippen molar-refractivity contribution in [3.8, 4) is 11.1 Å². The smallest absolute Gasteiger partial charge is 0.315 e. The molecule has 5 aromatic rings. The van der Waals surface area contributed by atoms with Crippen LogP contribution in [-0.4, -0.2) is 33.5 Å². The summed E-state index contributed by atoms with van der Waals surface area (Å²) in [5.41, 5.74) is 7.22. The van der Waals surface area contributed by atoms with E-state index in [-0.39, 0.29) is 36.3 Å². The predicted molar refractivity (Wildman–Crippen MR) is 211 cm³/mol. The summed E-state index contributed by atoms with van der Waals surface area (Å²) in [6, 6.07) is 33.1. The van der Waals surface area contributed by atoms with Gasteiger partial charge in [-0.2, -0.15) is 0 Å².